The maximum Gasteiger partial charge on any atom is 0.363 e. The van der Waals surface area contributed by atoms with Gasteiger partial charge in [-0.2, -0.15) is 0 Å². The quantitative estimate of drug-likeness (QED) is 0.564. The second-order valence-electron chi connectivity index (χ2n) is 4.16. The molecule has 0 unspecified atom stereocenters. The summed E-state index contributed by atoms with van der Waals surface area (Å²) in [6.07, 6.45) is 1.74. The molecule has 3 heteroatoms. The maximum atomic E-state index is 11.4. The van der Waals surface area contributed by atoms with Crippen molar-refractivity contribution in [2.75, 3.05) is 0 Å². The lowest BCUT2D eigenvalue weighted by molar-refractivity contribution is -0.130. The van der Waals surface area contributed by atoms with Crippen LogP contribution in [0, 0.1) is 0 Å². The number of carbonyl (C=O) groups is 1. The molecule has 0 saturated heterocycles. The van der Waals surface area contributed by atoms with Gasteiger partial charge < -0.3 is 4.74 Å². The van der Waals surface area contributed by atoms with Gasteiger partial charge in [-0.05, 0) is 28.5 Å². The Balaban J connectivity index is 2.05. The minimum absolute atomic E-state index is 0.350. The number of benzene rings is 2. The molecule has 1 heterocycles. The lowest BCUT2D eigenvalue weighted by atomic mass is 10.1. The smallest absolute Gasteiger partial charge is 0.363 e. The zero-order chi connectivity index (χ0) is 12.5. The Morgan fingerprint density at radius 3 is 2.61 bits per heavy atom. The van der Waals surface area contributed by atoms with E-state index in [4.69, 9.17) is 4.74 Å². The van der Waals surface area contributed by atoms with E-state index in [9.17, 15) is 4.79 Å². The highest BCUT2D eigenvalue weighted by Crippen LogP contribution is 2.19. The Morgan fingerprint density at radius 2 is 1.89 bits per heavy atom. The fraction of sp³-hybridized carbons (Fsp3) is 0.0667. The monoisotopic (exact) mass is 237 g/mol. The van der Waals surface area contributed by atoms with Gasteiger partial charge in [-0.1, -0.05) is 36.4 Å². The molecular weight excluding hydrogens is 226 g/mol. The molecule has 3 nitrogen and oxygen atoms in total. The van der Waals surface area contributed by atoms with Crippen LogP contribution in [0.5, 0.6) is 0 Å². The molecular formula is C15H11NO2. The largest absolute Gasteiger partial charge is 0.407 e. The molecule has 2 aromatic carbocycles. The highest BCUT2D eigenvalue weighted by molar-refractivity contribution is 6.06. The number of rotatable bonds is 1. The summed E-state index contributed by atoms with van der Waals surface area (Å²) in [7, 11) is 0. The molecule has 88 valence electrons. The molecule has 3 rings (SSSR count). The Morgan fingerprint density at radius 1 is 1.11 bits per heavy atom. The summed E-state index contributed by atoms with van der Waals surface area (Å²) in [5.74, 6) is 0.00713. The van der Waals surface area contributed by atoms with Gasteiger partial charge in [0.05, 0.1) is 0 Å². The third-order valence-corrected chi connectivity index (χ3v) is 2.80. The van der Waals surface area contributed by atoms with Crippen molar-refractivity contribution in [1.29, 1.82) is 0 Å². The van der Waals surface area contributed by atoms with Crippen molar-refractivity contribution in [1.82, 2.24) is 0 Å². The van der Waals surface area contributed by atoms with Gasteiger partial charge in [0.25, 0.3) is 0 Å². The first kappa shape index (κ1) is 10.7. The number of fused-ring (bicyclic) bond motifs is 1. The second-order valence-corrected chi connectivity index (χ2v) is 4.16. The summed E-state index contributed by atoms with van der Waals surface area (Å²) in [6.45, 7) is 1.67. The normalized spacial score (nSPS) is 17.1. The first-order chi connectivity index (χ1) is 8.72. The van der Waals surface area contributed by atoms with E-state index in [1.165, 1.54) is 5.39 Å². The van der Waals surface area contributed by atoms with Crippen molar-refractivity contribution in [3.05, 3.63) is 53.7 Å². The zero-order valence-corrected chi connectivity index (χ0v) is 9.88. The molecule has 0 atom stereocenters. The average Bonchev–Trinajstić information content (AvgIpc) is 2.68. The molecule has 0 aliphatic carbocycles. The number of aliphatic imine (C=N–C) groups is 1. The minimum Gasteiger partial charge on any atom is -0.407 e. The van der Waals surface area contributed by atoms with Crippen LogP contribution in [-0.2, 0) is 9.53 Å². The predicted molar refractivity (Wildman–Crippen MR) is 71.1 cm³/mol. The highest BCUT2D eigenvalue weighted by atomic mass is 16.6. The van der Waals surface area contributed by atoms with Crippen LogP contribution < -0.4 is 0 Å². The Labute approximate surface area is 104 Å². The summed E-state index contributed by atoms with van der Waals surface area (Å²) < 4.78 is 4.88. The molecule has 0 fully saturated rings. The molecule has 0 N–H and O–H groups in total. The van der Waals surface area contributed by atoms with Crippen LogP contribution in [0.3, 0.4) is 0 Å². The van der Waals surface area contributed by atoms with E-state index in [-0.39, 0.29) is 5.97 Å². The van der Waals surface area contributed by atoms with E-state index < -0.39 is 0 Å². The third kappa shape index (κ3) is 1.91. The molecule has 1 aliphatic heterocycles. The van der Waals surface area contributed by atoms with Crippen molar-refractivity contribution in [2.24, 2.45) is 4.99 Å². The second kappa shape index (κ2) is 4.11. The molecule has 0 aromatic heterocycles. The first-order valence-electron chi connectivity index (χ1n) is 5.70. The predicted octanol–water partition coefficient (Wildman–Crippen LogP) is 3.16. The molecule has 0 radical (unpaired) electrons. The summed E-state index contributed by atoms with van der Waals surface area (Å²) in [5.41, 5.74) is 1.29. The van der Waals surface area contributed by atoms with Gasteiger partial charge >= 0.3 is 5.97 Å². The topological polar surface area (TPSA) is 38.7 Å². The van der Waals surface area contributed by atoms with Crippen molar-refractivity contribution in [2.45, 2.75) is 6.92 Å². The standard InChI is InChI=1S/C15H11NO2/c1-10-16-14(15(17)18-10)9-11-6-7-12-4-2-3-5-13(12)8-11/h2-9H,1H3. The van der Waals surface area contributed by atoms with E-state index in [1.807, 2.05) is 36.4 Å². The van der Waals surface area contributed by atoms with Gasteiger partial charge in [-0.25, -0.2) is 9.79 Å². The van der Waals surface area contributed by atoms with E-state index in [0.29, 0.717) is 11.6 Å². The summed E-state index contributed by atoms with van der Waals surface area (Å²) in [5, 5.41) is 2.31. The molecule has 18 heavy (non-hydrogen) atoms. The van der Waals surface area contributed by atoms with Gasteiger partial charge in [0.1, 0.15) is 0 Å². The van der Waals surface area contributed by atoms with E-state index in [2.05, 4.69) is 11.1 Å². The van der Waals surface area contributed by atoms with Crippen molar-refractivity contribution < 1.29 is 9.53 Å². The van der Waals surface area contributed by atoms with Crippen LogP contribution in [0.15, 0.2) is 53.2 Å². The van der Waals surface area contributed by atoms with E-state index in [0.717, 1.165) is 10.9 Å². The number of hydrogen-bond acceptors (Lipinski definition) is 3. The fourth-order valence-corrected chi connectivity index (χ4v) is 1.97. The minimum atomic E-state index is -0.388. The van der Waals surface area contributed by atoms with Crippen molar-refractivity contribution in [3.63, 3.8) is 0 Å². The molecule has 0 amide bonds. The lowest BCUT2D eigenvalue weighted by Crippen LogP contribution is -1.99. The highest BCUT2D eigenvalue weighted by Gasteiger charge is 2.19. The maximum absolute atomic E-state index is 11.4. The SMILES string of the molecule is CC1=NC(=Cc2ccc3ccccc3c2)C(=O)O1. The van der Waals surface area contributed by atoms with Crippen LogP contribution >= 0.6 is 0 Å². The Kier molecular flexibility index (Phi) is 2.45. The van der Waals surface area contributed by atoms with Gasteiger partial charge in [0, 0.05) is 6.92 Å². The van der Waals surface area contributed by atoms with Gasteiger partial charge in [-0.3, -0.25) is 0 Å². The molecule has 1 aliphatic rings. The van der Waals surface area contributed by atoms with Gasteiger partial charge in [0.2, 0.25) is 0 Å². The van der Waals surface area contributed by atoms with Crippen LogP contribution in [0.2, 0.25) is 0 Å². The van der Waals surface area contributed by atoms with Crippen LogP contribution in [-0.4, -0.2) is 11.9 Å². The van der Waals surface area contributed by atoms with E-state index in [1.54, 1.807) is 13.0 Å². The number of esters is 1. The Bertz CT molecular complexity index is 698. The number of hydrogen-bond donors (Lipinski definition) is 0. The molecule has 2 aromatic rings. The average molecular weight is 237 g/mol. The Hall–Kier alpha value is -2.42. The summed E-state index contributed by atoms with van der Waals surface area (Å²) >= 11 is 0. The number of cyclic esters (lactones) is 1. The van der Waals surface area contributed by atoms with Crippen molar-refractivity contribution >= 4 is 28.7 Å². The number of carbonyl (C=O) groups excluding carboxylic acids is 1. The van der Waals surface area contributed by atoms with Crippen molar-refractivity contribution in [3.8, 4) is 0 Å². The first-order valence-corrected chi connectivity index (χ1v) is 5.70. The van der Waals surface area contributed by atoms with Crippen LogP contribution in [0.25, 0.3) is 16.8 Å². The fourth-order valence-electron chi connectivity index (χ4n) is 1.97. The molecule has 0 bridgehead atoms. The lowest BCUT2D eigenvalue weighted by Gasteiger charge is -1.99. The van der Waals surface area contributed by atoms with E-state index >= 15 is 0 Å². The molecule has 0 spiro atoms. The number of ether oxygens (including phenoxy) is 1. The third-order valence-electron chi connectivity index (χ3n) is 2.80. The van der Waals surface area contributed by atoms with Gasteiger partial charge in [0.15, 0.2) is 11.6 Å². The van der Waals surface area contributed by atoms with Crippen LogP contribution in [0.4, 0.5) is 0 Å². The van der Waals surface area contributed by atoms with Gasteiger partial charge in [-0.15, -0.1) is 0 Å². The summed E-state index contributed by atoms with van der Waals surface area (Å²) in [6, 6.07) is 14.1. The summed E-state index contributed by atoms with van der Waals surface area (Å²) in [4.78, 5) is 15.5. The molecule has 0 saturated carbocycles. The number of nitrogens with zero attached hydrogens (tertiary/aromatic N) is 1. The van der Waals surface area contributed by atoms with Crippen LogP contribution in [0.1, 0.15) is 12.5 Å². The zero-order valence-electron chi connectivity index (χ0n) is 9.88.